The first kappa shape index (κ1) is 17.9. The Morgan fingerprint density at radius 2 is 1.83 bits per heavy atom. The molecule has 0 amide bonds. The zero-order valence-corrected chi connectivity index (χ0v) is 15.1. The van der Waals surface area contributed by atoms with Gasteiger partial charge in [0.2, 0.25) is 0 Å². The molecule has 23 heavy (non-hydrogen) atoms. The summed E-state index contributed by atoms with van der Waals surface area (Å²) in [5, 5.41) is 2.92. The van der Waals surface area contributed by atoms with E-state index in [1.165, 1.54) is 19.2 Å². The van der Waals surface area contributed by atoms with Crippen molar-refractivity contribution >= 4 is 37.7 Å². The van der Waals surface area contributed by atoms with E-state index in [0.717, 1.165) is 10.5 Å². The first-order chi connectivity index (χ1) is 10.7. The maximum absolute atomic E-state index is 12.3. The molecule has 0 atom stereocenters. The third-order valence-electron chi connectivity index (χ3n) is 2.83. The lowest BCUT2D eigenvalue weighted by molar-refractivity contribution is -0.274. The zero-order valence-electron chi connectivity index (χ0n) is 12.0. The van der Waals surface area contributed by atoms with Gasteiger partial charge in [-0.15, -0.1) is 13.2 Å². The highest BCUT2D eigenvalue weighted by molar-refractivity contribution is 9.11. The summed E-state index contributed by atoms with van der Waals surface area (Å²) in [6.07, 6.45) is -4.76. The quantitative estimate of drug-likeness (QED) is 0.686. The van der Waals surface area contributed by atoms with Crippen molar-refractivity contribution in [1.82, 2.24) is 4.98 Å². The van der Waals surface area contributed by atoms with E-state index < -0.39 is 6.36 Å². The van der Waals surface area contributed by atoms with E-state index in [9.17, 15) is 13.2 Å². The van der Waals surface area contributed by atoms with Gasteiger partial charge >= 0.3 is 6.36 Å². The fourth-order valence-corrected chi connectivity index (χ4v) is 3.25. The van der Waals surface area contributed by atoms with Crippen molar-refractivity contribution in [2.75, 3.05) is 19.5 Å². The summed E-state index contributed by atoms with van der Waals surface area (Å²) in [5.74, 6) is 0.436. The van der Waals surface area contributed by atoms with Gasteiger partial charge in [-0.2, -0.15) is 0 Å². The Bertz CT molecular complexity index is 724. The second-order valence-electron chi connectivity index (χ2n) is 4.31. The minimum absolute atomic E-state index is 0.212. The third-order valence-corrected chi connectivity index (χ3v) is 4.04. The topological polar surface area (TPSA) is 43.4 Å². The van der Waals surface area contributed by atoms with Gasteiger partial charge in [-0.05, 0) is 50.1 Å². The fraction of sp³-hybridized carbons (Fsp3) is 0.214. The average Bonchev–Trinajstić information content (AvgIpc) is 2.46. The molecule has 9 heteroatoms. The van der Waals surface area contributed by atoms with Gasteiger partial charge in [0, 0.05) is 23.2 Å². The van der Waals surface area contributed by atoms with E-state index in [-0.39, 0.29) is 11.5 Å². The van der Waals surface area contributed by atoms with Crippen molar-refractivity contribution in [3.8, 4) is 22.8 Å². The van der Waals surface area contributed by atoms with Gasteiger partial charge < -0.3 is 14.8 Å². The number of halogens is 5. The van der Waals surface area contributed by atoms with Gasteiger partial charge in [-0.25, -0.2) is 4.98 Å². The molecule has 2 rings (SSSR count). The van der Waals surface area contributed by atoms with Crippen molar-refractivity contribution in [3.05, 3.63) is 33.2 Å². The molecule has 0 saturated carbocycles. The van der Waals surface area contributed by atoms with Gasteiger partial charge in [0.05, 0.1) is 17.3 Å². The summed E-state index contributed by atoms with van der Waals surface area (Å²) in [5.41, 5.74) is 1.05. The molecule has 0 aliphatic carbocycles. The number of anilines is 1. The summed E-state index contributed by atoms with van der Waals surface area (Å²) in [6.45, 7) is 0. The van der Waals surface area contributed by atoms with Gasteiger partial charge in [0.25, 0.3) is 0 Å². The van der Waals surface area contributed by atoms with Crippen LogP contribution in [0.25, 0.3) is 11.3 Å². The second kappa shape index (κ2) is 6.96. The molecule has 0 spiro atoms. The molecule has 4 nitrogen and oxygen atoms in total. The molecule has 0 aliphatic heterocycles. The van der Waals surface area contributed by atoms with E-state index in [1.807, 2.05) is 0 Å². The maximum atomic E-state index is 12.3. The molecule has 0 unspecified atom stereocenters. The number of methoxy groups -OCH3 is 1. The van der Waals surface area contributed by atoms with E-state index >= 15 is 0 Å². The molecule has 0 bridgehead atoms. The van der Waals surface area contributed by atoms with Crippen molar-refractivity contribution in [2.24, 2.45) is 0 Å². The molecule has 0 fully saturated rings. The Morgan fingerprint density at radius 1 is 1.13 bits per heavy atom. The van der Waals surface area contributed by atoms with Gasteiger partial charge in [0.15, 0.2) is 0 Å². The number of rotatable bonds is 4. The average molecular weight is 456 g/mol. The van der Waals surface area contributed by atoms with E-state index in [2.05, 4.69) is 46.9 Å². The van der Waals surface area contributed by atoms with Crippen LogP contribution in [0.4, 0.5) is 19.0 Å². The summed E-state index contributed by atoms with van der Waals surface area (Å²) in [4.78, 5) is 4.43. The normalized spacial score (nSPS) is 11.3. The summed E-state index contributed by atoms with van der Waals surface area (Å²) in [6, 6.07) is 5.62. The van der Waals surface area contributed by atoms with Gasteiger partial charge in [0.1, 0.15) is 17.3 Å². The number of aromatic nitrogens is 1. The highest BCUT2D eigenvalue weighted by atomic mass is 79.9. The lowest BCUT2D eigenvalue weighted by Gasteiger charge is -2.14. The number of alkyl halides is 3. The van der Waals surface area contributed by atoms with Crippen LogP contribution in [0.2, 0.25) is 0 Å². The largest absolute Gasteiger partial charge is 0.573 e. The molecule has 0 aliphatic rings. The van der Waals surface area contributed by atoms with Crippen molar-refractivity contribution < 1.29 is 22.6 Å². The van der Waals surface area contributed by atoms with Gasteiger partial charge in [-0.3, -0.25) is 0 Å². The summed E-state index contributed by atoms with van der Waals surface area (Å²) in [7, 11) is 3.07. The van der Waals surface area contributed by atoms with Crippen molar-refractivity contribution in [1.29, 1.82) is 0 Å². The number of hydrogen-bond donors (Lipinski definition) is 1. The molecule has 1 heterocycles. The van der Waals surface area contributed by atoms with Crippen LogP contribution in [0.3, 0.4) is 0 Å². The Balaban J connectivity index is 2.52. The highest BCUT2D eigenvalue weighted by Crippen LogP contribution is 2.39. The number of hydrogen-bond acceptors (Lipinski definition) is 4. The molecule has 1 N–H and O–H groups in total. The van der Waals surface area contributed by atoms with E-state index in [4.69, 9.17) is 4.74 Å². The molecule has 2 aromatic rings. The zero-order chi connectivity index (χ0) is 17.2. The number of ether oxygens (including phenoxy) is 2. The number of benzene rings is 1. The predicted molar refractivity (Wildman–Crippen MR) is 87.9 cm³/mol. The van der Waals surface area contributed by atoms with E-state index in [1.54, 1.807) is 13.1 Å². The monoisotopic (exact) mass is 454 g/mol. The van der Waals surface area contributed by atoms with Crippen molar-refractivity contribution in [3.63, 3.8) is 0 Å². The number of nitrogens with zero attached hydrogens (tertiary/aromatic N) is 1. The third kappa shape index (κ3) is 4.29. The van der Waals surface area contributed by atoms with Crippen LogP contribution in [0.1, 0.15) is 0 Å². The maximum Gasteiger partial charge on any atom is 0.573 e. The number of pyridine rings is 1. The molecule has 1 aromatic carbocycles. The first-order valence-corrected chi connectivity index (χ1v) is 7.81. The number of nitrogens with one attached hydrogen (secondary N) is 1. The predicted octanol–water partition coefficient (Wildman–Crippen LogP) is 5.22. The highest BCUT2D eigenvalue weighted by Gasteiger charge is 2.31. The Kier molecular flexibility index (Phi) is 5.41. The minimum Gasteiger partial charge on any atom is -0.496 e. The molecule has 0 saturated heterocycles. The lowest BCUT2D eigenvalue weighted by atomic mass is 10.1. The molecule has 1 aromatic heterocycles. The van der Waals surface area contributed by atoms with Crippen LogP contribution in [-0.4, -0.2) is 25.5 Å². The fourth-order valence-electron chi connectivity index (χ4n) is 1.90. The van der Waals surface area contributed by atoms with Gasteiger partial charge in [-0.1, -0.05) is 0 Å². The molecule has 124 valence electrons. The Hall–Kier alpha value is -1.48. The first-order valence-electron chi connectivity index (χ1n) is 6.23. The second-order valence-corrected chi connectivity index (χ2v) is 6.02. The minimum atomic E-state index is -4.76. The van der Waals surface area contributed by atoms with Crippen LogP contribution in [0, 0.1) is 0 Å². The lowest BCUT2D eigenvalue weighted by Crippen LogP contribution is -2.17. The van der Waals surface area contributed by atoms with Crippen LogP contribution < -0.4 is 14.8 Å². The van der Waals surface area contributed by atoms with Crippen molar-refractivity contribution in [2.45, 2.75) is 6.36 Å². The summed E-state index contributed by atoms with van der Waals surface area (Å²) < 4.78 is 47.4. The SMILES string of the molecule is CNc1nc(-c2ccc(OC(F)(F)F)cc2OC)c(Br)cc1Br. The van der Waals surface area contributed by atoms with E-state index in [0.29, 0.717) is 21.5 Å². The Labute approximate surface area is 147 Å². The smallest absolute Gasteiger partial charge is 0.496 e. The van der Waals surface area contributed by atoms with Crippen LogP contribution in [-0.2, 0) is 0 Å². The van der Waals surface area contributed by atoms with Crippen LogP contribution >= 0.6 is 31.9 Å². The summed E-state index contributed by atoms with van der Waals surface area (Å²) >= 11 is 6.75. The molecular weight excluding hydrogens is 445 g/mol. The Morgan fingerprint density at radius 3 is 2.39 bits per heavy atom. The van der Waals surface area contributed by atoms with Crippen LogP contribution in [0.15, 0.2) is 33.2 Å². The molecule has 0 radical (unpaired) electrons. The molecular formula is C14H11Br2F3N2O2. The van der Waals surface area contributed by atoms with Crippen LogP contribution in [0.5, 0.6) is 11.5 Å². The standard InChI is InChI=1S/C14H11Br2F3N2O2/c1-20-13-10(16)6-9(15)12(21-13)8-4-3-7(5-11(8)22-2)23-14(17,18)19/h3-6H,1-2H3,(H,20,21).